The summed E-state index contributed by atoms with van der Waals surface area (Å²) in [5.74, 6) is 4.60. The predicted molar refractivity (Wildman–Crippen MR) is 159 cm³/mol. The molecule has 8 heteroatoms. The first-order chi connectivity index (χ1) is 19.8. The Morgan fingerprint density at radius 1 is 0.425 bits per heavy atom. The average Bonchev–Trinajstić information content (AvgIpc) is 3.73. The maximum absolute atomic E-state index is 5.00. The highest BCUT2D eigenvalue weighted by Gasteiger charge is 2.34. The molecular formula is C32H18N8. The summed E-state index contributed by atoms with van der Waals surface area (Å²) in [6, 6.07) is 24.0. The van der Waals surface area contributed by atoms with Crippen LogP contribution in [0.1, 0.15) is 39.8 Å². The maximum atomic E-state index is 5.00. The van der Waals surface area contributed by atoms with E-state index in [9.17, 15) is 0 Å². The van der Waals surface area contributed by atoms with Gasteiger partial charge in [-0.1, -0.05) is 91.0 Å². The number of hydrogen-bond donors (Lipinski definition) is 0. The lowest BCUT2D eigenvalue weighted by Gasteiger charge is -2.11. The highest BCUT2D eigenvalue weighted by atomic mass is 15.1. The van der Waals surface area contributed by atoms with Gasteiger partial charge in [-0.25, -0.2) is 39.9 Å². The van der Waals surface area contributed by atoms with E-state index < -0.39 is 0 Å². The first-order valence-electron chi connectivity index (χ1n) is 13.2. The van der Waals surface area contributed by atoms with Gasteiger partial charge in [0.25, 0.3) is 0 Å². The van der Waals surface area contributed by atoms with Gasteiger partial charge in [-0.15, -0.1) is 0 Å². The molecule has 9 rings (SSSR count). The molecule has 3 aromatic rings. The maximum Gasteiger partial charge on any atom is 0.164 e. The molecule has 186 valence electrons. The van der Waals surface area contributed by atoms with E-state index in [-0.39, 0.29) is 5.92 Å². The minimum Gasteiger partial charge on any atom is -0.212 e. The van der Waals surface area contributed by atoms with Crippen LogP contribution in [0.4, 0.5) is 0 Å². The van der Waals surface area contributed by atoms with Gasteiger partial charge in [0.1, 0.15) is 5.84 Å². The summed E-state index contributed by atoms with van der Waals surface area (Å²) >= 11 is 0. The molecule has 1 atom stereocenters. The van der Waals surface area contributed by atoms with Crippen LogP contribution in [0.2, 0.25) is 0 Å². The molecule has 0 spiro atoms. The normalized spacial score (nSPS) is 20.9. The molecular weight excluding hydrogens is 496 g/mol. The second kappa shape index (κ2) is 8.00. The SMILES string of the molecule is C1=CC2C(=CC1)C1=NC2=NC2=NC(=NC3=NC(=NC4=NC(=N1)c1ccccc14)c1ccccc13)c1ccccc12. The van der Waals surface area contributed by atoms with Crippen LogP contribution in [0.5, 0.6) is 0 Å². The summed E-state index contributed by atoms with van der Waals surface area (Å²) < 4.78 is 0. The van der Waals surface area contributed by atoms with Crippen molar-refractivity contribution in [3.8, 4) is 0 Å². The smallest absolute Gasteiger partial charge is 0.164 e. The highest BCUT2D eigenvalue weighted by Crippen LogP contribution is 2.33. The zero-order valence-electron chi connectivity index (χ0n) is 21.0. The van der Waals surface area contributed by atoms with E-state index in [0.29, 0.717) is 46.7 Å². The van der Waals surface area contributed by atoms with Gasteiger partial charge in [0.15, 0.2) is 40.8 Å². The molecule has 0 amide bonds. The standard InChI is InChI=1S/C32H18N8/c1-2-10-18-17(9-1)25-33-26(18)38-28-21-13-5-6-14-22(21)30(35-28)40-32-24-16-8-7-15-23(24)31(36-32)39-29-20-12-4-3-11-19(20)27(34-29)37-25/h1-7,9-16,23H,8H2. The van der Waals surface area contributed by atoms with Gasteiger partial charge >= 0.3 is 0 Å². The van der Waals surface area contributed by atoms with Gasteiger partial charge in [0.2, 0.25) is 0 Å². The van der Waals surface area contributed by atoms with Gasteiger partial charge in [0, 0.05) is 39.0 Å². The Balaban J connectivity index is 1.35. The Morgan fingerprint density at radius 3 is 1.23 bits per heavy atom. The Labute approximate surface area is 228 Å². The van der Waals surface area contributed by atoms with Crippen LogP contribution >= 0.6 is 0 Å². The third-order valence-corrected chi connectivity index (χ3v) is 7.61. The zero-order valence-corrected chi connectivity index (χ0v) is 21.0. The predicted octanol–water partition coefficient (Wildman–Crippen LogP) is 4.93. The van der Waals surface area contributed by atoms with Crippen molar-refractivity contribution >= 4 is 46.7 Å². The lowest BCUT2D eigenvalue weighted by atomic mass is 9.94. The number of rotatable bonds is 0. The van der Waals surface area contributed by atoms with Crippen LogP contribution in [-0.2, 0) is 0 Å². The fourth-order valence-electron chi connectivity index (χ4n) is 5.72. The molecule has 0 saturated carbocycles. The summed E-state index contributed by atoms with van der Waals surface area (Å²) in [5.41, 5.74) is 6.48. The monoisotopic (exact) mass is 514 g/mol. The summed E-state index contributed by atoms with van der Waals surface area (Å²) in [6.07, 6.45) is 7.27. The van der Waals surface area contributed by atoms with E-state index in [1.807, 2.05) is 72.8 Å². The van der Waals surface area contributed by atoms with Crippen molar-refractivity contribution in [1.29, 1.82) is 0 Å². The third-order valence-electron chi connectivity index (χ3n) is 7.61. The number of aliphatic imine (C=N–C) groups is 8. The Morgan fingerprint density at radius 2 is 0.800 bits per heavy atom. The summed E-state index contributed by atoms with van der Waals surface area (Å²) in [5, 5.41) is 0. The van der Waals surface area contributed by atoms with Crippen LogP contribution < -0.4 is 0 Å². The molecule has 0 fully saturated rings. The quantitative estimate of drug-likeness (QED) is 0.380. The molecule has 0 N–H and O–H groups in total. The van der Waals surface area contributed by atoms with Gasteiger partial charge in [0.05, 0.1) is 5.92 Å². The van der Waals surface area contributed by atoms with Crippen LogP contribution in [0.15, 0.2) is 137 Å². The van der Waals surface area contributed by atoms with Crippen LogP contribution in [-0.4, -0.2) is 46.7 Å². The Kier molecular flexibility index (Phi) is 4.29. The van der Waals surface area contributed by atoms with E-state index in [4.69, 9.17) is 39.9 Å². The molecule has 1 unspecified atom stereocenters. The molecule has 0 aromatic heterocycles. The van der Waals surface area contributed by atoms with E-state index in [2.05, 4.69) is 18.2 Å². The number of nitrogens with zero attached hydrogens (tertiary/aromatic N) is 8. The fourth-order valence-corrected chi connectivity index (χ4v) is 5.72. The Bertz CT molecular complexity index is 2030. The first kappa shape index (κ1) is 21.4. The molecule has 5 heterocycles. The van der Waals surface area contributed by atoms with Crippen molar-refractivity contribution in [1.82, 2.24) is 0 Å². The van der Waals surface area contributed by atoms with Crippen molar-refractivity contribution in [2.24, 2.45) is 45.9 Å². The molecule has 5 aliphatic heterocycles. The minimum atomic E-state index is -0.0905. The van der Waals surface area contributed by atoms with Crippen LogP contribution in [0.25, 0.3) is 0 Å². The van der Waals surface area contributed by atoms with E-state index in [0.717, 1.165) is 45.4 Å². The summed E-state index contributed by atoms with van der Waals surface area (Å²) in [6.45, 7) is 0. The number of allylic oxidation sites excluding steroid dienone is 2. The molecule has 40 heavy (non-hydrogen) atoms. The van der Waals surface area contributed by atoms with E-state index >= 15 is 0 Å². The summed E-state index contributed by atoms with van der Waals surface area (Å²) in [7, 11) is 0. The zero-order chi connectivity index (χ0) is 26.2. The molecule has 8 nitrogen and oxygen atoms in total. The van der Waals surface area contributed by atoms with E-state index in [1.54, 1.807) is 0 Å². The van der Waals surface area contributed by atoms with Crippen molar-refractivity contribution < 1.29 is 0 Å². The topological polar surface area (TPSA) is 98.9 Å². The van der Waals surface area contributed by atoms with Crippen LogP contribution in [0.3, 0.4) is 0 Å². The minimum absolute atomic E-state index is 0.0905. The molecule has 3 aromatic carbocycles. The number of hydrogen-bond acceptors (Lipinski definition) is 8. The molecule has 6 aliphatic rings. The second-order valence-electron chi connectivity index (χ2n) is 9.96. The number of amidine groups is 8. The van der Waals surface area contributed by atoms with Gasteiger partial charge in [-0.2, -0.15) is 0 Å². The first-order valence-corrected chi connectivity index (χ1v) is 13.2. The lowest BCUT2D eigenvalue weighted by Crippen LogP contribution is -2.12. The molecule has 8 bridgehead atoms. The van der Waals surface area contributed by atoms with Crippen molar-refractivity contribution in [3.05, 3.63) is 130 Å². The number of benzene rings is 3. The van der Waals surface area contributed by atoms with Gasteiger partial charge < -0.3 is 0 Å². The van der Waals surface area contributed by atoms with Crippen molar-refractivity contribution in [2.45, 2.75) is 6.42 Å². The molecule has 0 saturated heterocycles. The van der Waals surface area contributed by atoms with E-state index in [1.165, 1.54) is 0 Å². The summed E-state index contributed by atoms with van der Waals surface area (Å²) in [4.78, 5) is 39.5. The third kappa shape index (κ3) is 3.07. The fraction of sp³-hybridized carbons (Fsp3) is 0.0625. The second-order valence-corrected chi connectivity index (χ2v) is 9.96. The van der Waals surface area contributed by atoms with Gasteiger partial charge in [-0.05, 0) is 6.42 Å². The lowest BCUT2D eigenvalue weighted by molar-refractivity contribution is 1.04. The largest absolute Gasteiger partial charge is 0.212 e. The van der Waals surface area contributed by atoms with Gasteiger partial charge in [-0.3, -0.25) is 0 Å². The molecule has 0 radical (unpaired) electrons. The molecule has 1 aliphatic carbocycles. The highest BCUT2D eigenvalue weighted by molar-refractivity contribution is 6.34. The average molecular weight is 515 g/mol. The number of fused-ring (bicyclic) bond motifs is 16. The van der Waals surface area contributed by atoms with Crippen LogP contribution in [0, 0.1) is 5.92 Å². The Hall–Kier alpha value is -5.50. The van der Waals surface area contributed by atoms with Crippen molar-refractivity contribution in [3.63, 3.8) is 0 Å². The van der Waals surface area contributed by atoms with Crippen molar-refractivity contribution in [2.75, 3.05) is 0 Å².